The monoisotopic (exact) mass is 342 g/mol. The summed E-state index contributed by atoms with van der Waals surface area (Å²) in [5.41, 5.74) is 2.28. The highest BCUT2D eigenvalue weighted by Gasteiger charge is 2.45. The zero-order valence-electron chi connectivity index (χ0n) is 13.8. The summed E-state index contributed by atoms with van der Waals surface area (Å²) in [5.74, 6) is 1.44. The first-order valence-corrected chi connectivity index (χ1v) is 9.86. The Balaban J connectivity index is 1.47. The highest BCUT2D eigenvalue weighted by atomic mass is 32.1. The van der Waals surface area contributed by atoms with Gasteiger partial charge in [-0.2, -0.15) is 0 Å². The van der Waals surface area contributed by atoms with Crippen molar-refractivity contribution in [2.24, 2.45) is 0 Å². The van der Waals surface area contributed by atoms with E-state index in [2.05, 4.69) is 14.9 Å². The molecule has 1 aliphatic heterocycles. The van der Waals surface area contributed by atoms with Crippen LogP contribution < -0.4 is 5.56 Å². The third-order valence-corrected chi connectivity index (χ3v) is 6.62. The Hall–Kier alpha value is -1.53. The van der Waals surface area contributed by atoms with Gasteiger partial charge in [0.15, 0.2) is 0 Å². The predicted octanol–water partition coefficient (Wildman–Crippen LogP) is 2.58. The van der Waals surface area contributed by atoms with Crippen molar-refractivity contribution in [2.75, 3.05) is 13.1 Å². The Labute approximate surface area is 145 Å². The van der Waals surface area contributed by atoms with Crippen LogP contribution in [0.3, 0.4) is 0 Å². The lowest BCUT2D eigenvalue weighted by Crippen LogP contribution is -2.45. The largest absolute Gasteiger partial charge is 0.310 e. The number of aromatic amines is 1. The fourth-order valence-electron chi connectivity index (χ4n) is 4.50. The van der Waals surface area contributed by atoms with E-state index in [0.29, 0.717) is 5.92 Å². The summed E-state index contributed by atoms with van der Waals surface area (Å²) in [4.78, 5) is 27.5. The third-order valence-electron chi connectivity index (χ3n) is 5.85. The first kappa shape index (κ1) is 14.8. The molecule has 3 heterocycles. The standard InChI is InChI=1S/C18H22N4OS/c23-17-13-4-6-18(15(13)20-16(21-17)12-2-3-12)5-1-8-22(11-18)10-14-19-7-9-24-14/h7,9,12H,1-6,8,10-11H2,(H,20,21,23). The number of fused-ring (bicyclic) bond motifs is 2. The van der Waals surface area contributed by atoms with E-state index in [1.165, 1.54) is 24.3 Å². The van der Waals surface area contributed by atoms with E-state index < -0.39 is 0 Å². The maximum atomic E-state index is 12.5. The van der Waals surface area contributed by atoms with Gasteiger partial charge in [0.25, 0.3) is 5.56 Å². The van der Waals surface area contributed by atoms with Gasteiger partial charge >= 0.3 is 0 Å². The molecule has 1 unspecified atom stereocenters. The van der Waals surface area contributed by atoms with E-state index >= 15 is 0 Å². The lowest BCUT2D eigenvalue weighted by molar-refractivity contribution is 0.136. The summed E-state index contributed by atoms with van der Waals surface area (Å²) in [6.07, 6.45) is 8.52. The first-order chi connectivity index (χ1) is 11.7. The lowest BCUT2D eigenvalue weighted by Gasteiger charge is -2.40. The second kappa shape index (κ2) is 5.49. The van der Waals surface area contributed by atoms with Gasteiger partial charge in [0.2, 0.25) is 0 Å². The molecule has 0 aromatic carbocycles. The number of H-pyrrole nitrogens is 1. The van der Waals surface area contributed by atoms with Crippen LogP contribution >= 0.6 is 11.3 Å². The molecule has 5 nitrogen and oxygen atoms in total. The van der Waals surface area contributed by atoms with Gasteiger partial charge in [0.1, 0.15) is 10.8 Å². The van der Waals surface area contributed by atoms with Crippen LogP contribution in [-0.2, 0) is 18.4 Å². The normalized spacial score (nSPS) is 26.8. The summed E-state index contributed by atoms with van der Waals surface area (Å²) in [5, 5.41) is 3.23. The molecule has 0 radical (unpaired) electrons. The van der Waals surface area contributed by atoms with Gasteiger partial charge in [0.05, 0.1) is 12.2 Å². The molecule has 0 bridgehead atoms. The van der Waals surface area contributed by atoms with Crippen molar-refractivity contribution in [2.45, 2.75) is 56.4 Å². The molecule has 2 fully saturated rings. The number of nitrogens with one attached hydrogen (secondary N) is 1. The van der Waals surface area contributed by atoms with Gasteiger partial charge in [-0.15, -0.1) is 11.3 Å². The van der Waals surface area contributed by atoms with E-state index in [1.54, 1.807) is 11.3 Å². The molecule has 1 atom stereocenters. The van der Waals surface area contributed by atoms with Crippen molar-refractivity contribution in [3.63, 3.8) is 0 Å². The van der Waals surface area contributed by atoms with E-state index in [0.717, 1.165) is 56.0 Å². The van der Waals surface area contributed by atoms with Crippen molar-refractivity contribution < 1.29 is 0 Å². The van der Waals surface area contributed by atoms with Crippen LogP contribution in [0.15, 0.2) is 16.4 Å². The average molecular weight is 342 g/mol. The number of likely N-dealkylation sites (tertiary alicyclic amines) is 1. The number of rotatable bonds is 3. The maximum absolute atomic E-state index is 12.5. The summed E-state index contributed by atoms with van der Waals surface area (Å²) in [6.45, 7) is 3.06. The average Bonchev–Trinajstić information content (AvgIpc) is 3.21. The lowest BCUT2D eigenvalue weighted by atomic mass is 9.77. The van der Waals surface area contributed by atoms with Crippen LogP contribution in [0.2, 0.25) is 0 Å². The topological polar surface area (TPSA) is 61.9 Å². The molecular formula is C18H22N4OS. The van der Waals surface area contributed by atoms with Gasteiger partial charge in [-0.25, -0.2) is 9.97 Å². The SMILES string of the molecule is O=c1[nH]c(C2CC2)nc2c1CCC21CCCN(Cc2nccs2)C1. The fraction of sp³-hybridized carbons (Fsp3) is 0.611. The first-order valence-electron chi connectivity index (χ1n) is 8.98. The van der Waals surface area contributed by atoms with Crippen LogP contribution in [0.4, 0.5) is 0 Å². The van der Waals surface area contributed by atoms with Gasteiger partial charge < -0.3 is 4.98 Å². The highest BCUT2D eigenvalue weighted by molar-refractivity contribution is 7.09. The minimum Gasteiger partial charge on any atom is -0.310 e. The quantitative estimate of drug-likeness (QED) is 0.931. The summed E-state index contributed by atoms with van der Waals surface area (Å²) >= 11 is 1.73. The smallest absolute Gasteiger partial charge is 0.254 e. The summed E-state index contributed by atoms with van der Waals surface area (Å²) in [6, 6.07) is 0. The highest BCUT2D eigenvalue weighted by Crippen LogP contribution is 2.45. The van der Waals surface area contributed by atoms with Crippen molar-refractivity contribution >= 4 is 11.3 Å². The predicted molar refractivity (Wildman–Crippen MR) is 93.5 cm³/mol. The van der Waals surface area contributed by atoms with Crippen LogP contribution in [0.5, 0.6) is 0 Å². The summed E-state index contributed by atoms with van der Waals surface area (Å²) < 4.78 is 0. The van der Waals surface area contributed by atoms with Crippen molar-refractivity contribution in [1.82, 2.24) is 19.9 Å². The van der Waals surface area contributed by atoms with Crippen LogP contribution in [0.25, 0.3) is 0 Å². The van der Waals surface area contributed by atoms with Crippen LogP contribution in [-0.4, -0.2) is 32.9 Å². The Morgan fingerprint density at radius 2 is 2.29 bits per heavy atom. The Bertz CT molecular complexity index is 811. The Morgan fingerprint density at radius 3 is 3.08 bits per heavy atom. The Kier molecular flexibility index (Phi) is 3.38. The molecule has 6 heteroatoms. The summed E-state index contributed by atoms with van der Waals surface area (Å²) in [7, 11) is 0. The third kappa shape index (κ3) is 2.43. The van der Waals surface area contributed by atoms with E-state index in [-0.39, 0.29) is 11.0 Å². The number of thiazole rings is 1. The Morgan fingerprint density at radius 1 is 1.38 bits per heavy atom. The molecule has 1 saturated heterocycles. The maximum Gasteiger partial charge on any atom is 0.254 e. The van der Waals surface area contributed by atoms with E-state index in [9.17, 15) is 4.79 Å². The second-order valence-corrected chi connectivity index (χ2v) is 8.55. The molecule has 3 aliphatic rings. The second-order valence-electron chi connectivity index (χ2n) is 7.57. The molecule has 126 valence electrons. The number of aromatic nitrogens is 3. The number of nitrogens with zero attached hydrogens (tertiary/aromatic N) is 3. The van der Waals surface area contributed by atoms with Crippen molar-refractivity contribution in [1.29, 1.82) is 0 Å². The van der Waals surface area contributed by atoms with Gasteiger partial charge in [-0.3, -0.25) is 9.69 Å². The molecule has 5 rings (SSSR count). The molecule has 1 saturated carbocycles. The minimum atomic E-state index is 0.0861. The number of hydrogen-bond acceptors (Lipinski definition) is 5. The number of hydrogen-bond donors (Lipinski definition) is 1. The molecule has 1 N–H and O–H groups in total. The van der Waals surface area contributed by atoms with Gasteiger partial charge in [-0.1, -0.05) is 0 Å². The molecule has 2 aromatic rings. The van der Waals surface area contributed by atoms with E-state index in [1.807, 2.05) is 11.6 Å². The zero-order chi connectivity index (χ0) is 16.1. The number of piperidine rings is 1. The van der Waals surface area contributed by atoms with Gasteiger partial charge in [-0.05, 0) is 45.1 Å². The molecule has 1 spiro atoms. The van der Waals surface area contributed by atoms with Gasteiger partial charge in [0, 0.05) is 35.0 Å². The van der Waals surface area contributed by atoms with Crippen LogP contribution in [0, 0.1) is 0 Å². The molecule has 24 heavy (non-hydrogen) atoms. The molecule has 2 aromatic heterocycles. The minimum absolute atomic E-state index is 0.0861. The molecular weight excluding hydrogens is 320 g/mol. The zero-order valence-corrected chi connectivity index (χ0v) is 14.6. The molecule has 2 aliphatic carbocycles. The van der Waals surface area contributed by atoms with Crippen LogP contribution in [0.1, 0.15) is 60.1 Å². The fourth-order valence-corrected chi connectivity index (χ4v) is 5.16. The molecule has 0 amide bonds. The van der Waals surface area contributed by atoms with Crippen molar-refractivity contribution in [3.05, 3.63) is 44.0 Å². The van der Waals surface area contributed by atoms with E-state index in [4.69, 9.17) is 4.98 Å². The van der Waals surface area contributed by atoms with Crippen molar-refractivity contribution in [3.8, 4) is 0 Å².